The van der Waals surface area contributed by atoms with E-state index < -0.39 is 0 Å². The molecule has 0 bridgehead atoms. The van der Waals surface area contributed by atoms with Crippen LogP contribution in [0.5, 0.6) is 0 Å². The maximum absolute atomic E-state index is 11.7. The summed E-state index contributed by atoms with van der Waals surface area (Å²) in [5.74, 6) is 1.65. The minimum Gasteiger partial charge on any atom is -0.344 e. The second-order valence-electron chi connectivity index (χ2n) is 3.14. The second-order valence-corrected chi connectivity index (χ2v) is 4.00. The van der Waals surface area contributed by atoms with E-state index in [0.29, 0.717) is 10.0 Å². The number of hydrogen-bond donors (Lipinski definition) is 2. The van der Waals surface area contributed by atoms with Gasteiger partial charge >= 0.3 is 0 Å². The zero-order valence-corrected chi connectivity index (χ0v) is 10.6. The smallest absolute Gasteiger partial charge is 0.252 e. The molecule has 5 heteroatoms. The van der Waals surface area contributed by atoms with Crippen LogP contribution in [0.2, 0.25) is 0 Å². The van der Waals surface area contributed by atoms with Gasteiger partial charge in [-0.3, -0.25) is 9.59 Å². The fourth-order valence-corrected chi connectivity index (χ4v) is 1.58. The molecule has 0 aliphatic heterocycles. The summed E-state index contributed by atoms with van der Waals surface area (Å²) >= 11 is 3.26. The standard InChI is InChI=1S/C12H11BrN2O2/c1-2-7-14-11(16)8-15-12(17)9-5-3-4-6-10(9)13/h1,3-6H,7-8H2,(H,14,16)(H,15,17). The van der Waals surface area contributed by atoms with Crippen LogP contribution in [-0.4, -0.2) is 24.9 Å². The fraction of sp³-hybridized carbons (Fsp3) is 0.167. The van der Waals surface area contributed by atoms with Crippen molar-refractivity contribution in [3.05, 3.63) is 34.3 Å². The maximum atomic E-state index is 11.7. The highest BCUT2D eigenvalue weighted by atomic mass is 79.9. The summed E-state index contributed by atoms with van der Waals surface area (Å²) in [4.78, 5) is 22.9. The molecule has 0 spiro atoms. The van der Waals surface area contributed by atoms with Crippen molar-refractivity contribution in [3.63, 3.8) is 0 Å². The molecule has 1 rings (SSSR count). The van der Waals surface area contributed by atoms with Crippen LogP contribution in [0, 0.1) is 12.3 Å². The molecule has 1 aromatic carbocycles. The van der Waals surface area contributed by atoms with Crippen molar-refractivity contribution in [2.45, 2.75) is 0 Å². The topological polar surface area (TPSA) is 58.2 Å². The number of benzene rings is 1. The molecule has 2 amide bonds. The Hall–Kier alpha value is -1.80. The van der Waals surface area contributed by atoms with Gasteiger partial charge in [0.1, 0.15) is 0 Å². The molecule has 1 aromatic rings. The van der Waals surface area contributed by atoms with Crippen molar-refractivity contribution in [1.82, 2.24) is 10.6 Å². The Labute approximate surface area is 108 Å². The van der Waals surface area contributed by atoms with E-state index in [0.717, 1.165) is 0 Å². The Balaban J connectivity index is 2.49. The van der Waals surface area contributed by atoms with Crippen molar-refractivity contribution >= 4 is 27.7 Å². The van der Waals surface area contributed by atoms with Gasteiger partial charge in [-0.15, -0.1) is 6.42 Å². The fourth-order valence-electron chi connectivity index (χ4n) is 1.11. The molecular formula is C12H11BrN2O2. The van der Waals surface area contributed by atoms with Crippen molar-refractivity contribution < 1.29 is 9.59 Å². The van der Waals surface area contributed by atoms with Crippen LogP contribution in [0.4, 0.5) is 0 Å². The summed E-state index contributed by atoms with van der Waals surface area (Å²) < 4.78 is 0.682. The molecule has 0 aliphatic carbocycles. The summed E-state index contributed by atoms with van der Waals surface area (Å²) in [7, 11) is 0. The molecular weight excluding hydrogens is 284 g/mol. The van der Waals surface area contributed by atoms with Gasteiger partial charge < -0.3 is 10.6 Å². The molecule has 2 N–H and O–H groups in total. The van der Waals surface area contributed by atoms with E-state index in [1.165, 1.54) is 0 Å². The summed E-state index contributed by atoms with van der Waals surface area (Å²) in [6, 6.07) is 6.98. The van der Waals surface area contributed by atoms with Crippen LogP contribution in [0.25, 0.3) is 0 Å². The van der Waals surface area contributed by atoms with Crippen LogP contribution in [-0.2, 0) is 4.79 Å². The molecule has 0 unspecified atom stereocenters. The third-order valence-corrected chi connectivity index (χ3v) is 2.61. The maximum Gasteiger partial charge on any atom is 0.252 e. The third kappa shape index (κ3) is 4.29. The summed E-state index contributed by atoms with van der Waals surface area (Å²) in [5.41, 5.74) is 0.484. The SMILES string of the molecule is C#CCNC(=O)CNC(=O)c1ccccc1Br. The Morgan fingerprint density at radius 2 is 2.00 bits per heavy atom. The monoisotopic (exact) mass is 294 g/mol. The highest BCUT2D eigenvalue weighted by molar-refractivity contribution is 9.10. The lowest BCUT2D eigenvalue weighted by Crippen LogP contribution is -2.37. The van der Waals surface area contributed by atoms with Gasteiger partial charge in [-0.2, -0.15) is 0 Å². The van der Waals surface area contributed by atoms with Crippen LogP contribution < -0.4 is 10.6 Å². The molecule has 88 valence electrons. The molecule has 4 nitrogen and oxygen atoms in total. The predicted molar refractivity (Wildman–Crippen MR) is 68.3 cm³/mol. The largest absolute Gasteiger partial charge is 0.344 e. The normalized spacial score (nSPS) is 9.18. The van der Waals surface area contributed by atoms with E-state index in [9.17, 15) is 9.59 Å². The Bertz CT molecular complexity index is 466. The summed E-state index contributed by atoms with van der Waals surface area (Å²) in [5, 5.41) is 4.95. The Kier molecular flexibility index (Phi) is 5.24. The van der Waals surface area contributed by atoms with Gasteiger partial charge in [0.15, 0.2) is 0 Å². The van der Waals surface area contributed by atoms with Crippen molar-refractivity contribution in [2.75, 3.05) is 13.1 Å². The number of nitrogens with one attached hydrogen (secondary N) is 2. The van der Waals surface area contributed by atoms with Crippen molar-refractivity contribution in [1.29, 1.82) is 0 Å². The van der Waals surface area contributed by atoms with E-state index in [1.54, 1.807) is 24.3 Å². The average Bonchev–Trinajstić information content (AvgIpc) is 2.34. The zero-order valence-electron chi connectivity index (χ0n) is 9.00. The predicted octanol–water partition coefficient (Wildman–Crippen LogP) is 0.928. The minimum atomic E-state index is -0.316. The zero-order chi connectivity index (χ0) is 12.7. The number of amides is 2. The molecule has 0 saturated carbocycles. The first-order valence-electron chi connectivity index (χ1n) is 4.88. The van der Waals surface area contributed by atoms with Crippen molar-refractivity contribution in [2.24, 2.45) is 0 Å². The average molecular weight is 295 g/mol. The van der Waals surface area contributed by atoms with Crippen LogP contribution in [0.15, 0.2) is 28.7 Å². The van der Waals surface area contributed by atoms with E-state index in [1.807, 2.05) is 0 Å². The molecule has 0 saturated heterocycles. The molecule has 0 aromatic heterocycles. The first-order valence-corrected chi connectivity index (χ1v) is 5.67. The summed E-state index contributed by atoms with van der Waals surface area (Å²) in [6.45, 7) is 0.0611. The van der Waals surface area contributed by atoms with Gasteiger partial charge in [-0.05, 0) is 28.1 Å². The quantitative estimate of drug-likeness (QED) is 0.812. The lowest BCUT2D eigenvalue weighted by atomic mass is 10.2. The molecule has 0 radical (unpaired) electrons. The van der Waals surface area contributed by atoms with Gasteiger partial charge in [0.05, 0.1) is 18.7 Å². The first-order chi connectivity index (χ1) is 8.15. The van der Waals surface area contributed by atoms with Gasteiger partial charge in [0.2, 0.25) is 5.91 Å². The number of hydrogen-bond acceptors (Lipinski definition) is 2. The Morgan fingerprint density at radius 1 is 1.29 bits per heavy atom. The van der Waals surface area contributed by atoms with Crippen molar-refractivity contribution in [3.8, 4) is 12.3 Å². The lowest BCUT2D eigenvalue weighted by molar-refractivity contribution is -0.119. The van der Waals surface area contributed by atoms with Crippen LogP contribution in [0.3, 0.4) is 0 Å². The van der Waals surface area contributed by atoms with E-state index >= 15 is 0 Å². The molecule has 0 atom stereocenters. The van der Waals surface area contributed by atoms with Crippen LogP contribution in [0.1, 0.15) is 10.4 Å². The van der Waals surface area contributed by atoms with Gasteiger partial charge in [0.25, 0.3) is 5.91 Å². The van der Waals surface area contributed by atoms with E-state index in [2.05, 4.69) is 32.5 Å². The molecule has 0 aliphatic rings. The highest BCUT2D eigenvalue weighted by Crippen LogP contribution is 2.15. The number of carbonyl (C=O) groups is 2. The van der Waals surface area contributed by atoms with Gasteiger partial charge in [-0.1, -0.05) is 18.1 Å². The van der Waals surface area contributed by atoms with E-state index in [-0.39, 0.29) is 24.9 Å². The van der Waals surface area contributed by atoms with Gasteiger partial charge in [0, 0.05) is 4.47 Å². The molecule has 17 heavy (non-hydrogen) atoms. The molecule has 0 fully saturated rings. The van der Waals surface area contributed by atoms with Gasteiger partial charge in [-0.25, -0.2) is 0 Å². The number of halogens is 1. The third-order valence-electron chi connectivity index (χ3n) is 1.92. The highest BCUT2D eigenvalue weighted by Gasteiger charge is 2.09. The Morgan fingerprint density at radius 3 is 2.65 bits per heavy atom. The lowest BCUT2D eigenvalue weighted by Gasteiger charge is -2.06. The first kappa shape index (κ1) is 13.3. The second kappa shape index (κ2) is 6.71. The summed E-state index contributed by atoms with van der Waals surface area (Å²) in [6.07, 6.45) is 4.99. The van der Waals surface area contributed by atoms with E-state index in [4.69, 9.17) is 6.42 Å². The van der Waals surface area contributed by atoms with Crippen LogP contribution >= 0.6 is 15.9 Å². The number of carbonyl (C=O) groups excluding carboxylic acids is 2. The molecule has 0 heterocycles. The minimum absolute atomic E-state index is 0.0954. The number of rotatable bonds is 4. The number of terminal acetylenes is 1.